The number of hydrogen-bond acceptors (Lipinski definition) is 3. The van der Waals surface area contributed by atoms with Crippen LogP contribution in [0, 0.1) is 0 Å². The van der Waals surface area contributed by atoms with Gasteiger partial charge in [0, 0.05) is 18.3 Å². The third-order valence-corrected chi connectivity index (χ3v) is 4.23. The summed E-state index contributed by atoms with van der Waals surface area (Å²) in [6.07, 6.45) is 3.82. The van der Waals surface area contributed by atoms with Crippen molar-refractivity contribution >= 4 is 34.5 Å². The minimum absolute atomic E-state index is 0.338. The highest BCUT2D eigenvalue weighted by Crippen LogP contribution is 2.25. The number of nitrogens with one attached hydrogen (secondary N) is 1. The van der Waals surface area contributed by atoms with Crippen molar-refractivity contribution in [2.45, 2.75) is 25.3 Å². The average molecular weight is 298 g/mol. The zero-order valence-corrected chi connectivity index (χ0v) is 12.7. The molecule has 5 heteroatoms. The van der Waals surface area contributed by atoms with Gasteiger partial charge in [0.05, 0.1) is 10.6 Å². The largest absolute Gasteiger partial charge is 0.389 e. The summed E-state index contributed by atoms with van der Waals surface area (Å²) in [6.45, 7) is 2.07. The topological polar surface area (TPSA) is 41.3 Å². The fraction of sp³-hybridized carbons (Fsp3) is 0.500. The maximum atomic E-state index is 6.16. The Kier molecular flexibility index (Phi) is 5.02. The molecule has 2 rings (SSSR count). The SMILES string of the molecule is CN1CCCCC1CNc1cccc(Cl)c1C(N)=S. The van der Waals surface area contributed by atoms with Crippen molar-refractivity contribution in [2.75, 3.05) is 25.5 Å². The van der Waals surface area contributed by atoms with Crippen LogP contribution in [0.4, 0.5) is 5.69 Å². The first-order valence-electron chi connectivity index (χ1n) is 6.62. The van der Waals surface area contributed by atoms with E-state index >= 15 is 0 Å². The molecule has 1 aromatic rings. The van der Waals surface area contributed by atoms with Crippen LogP contribution >= 0.6 is 23.8 Å². The summed E-state index contributed by atoms with van der Waals surface area (Å²) in [6, 6.07) is 6.26. The van der Waals surface area contributed by atoms with Crippen LogP contribution in [-0.2, 0) is 0 Å². The maximum Gasteiger partial charge on any atom is 0.107 e. The van der Waals surface area contributed by atoms with Crippen LogP contribution in [0.15, 0.2) is 18.2 Å². The first-order valence-corrected chi connectivity index (χ1v) is 7.40. The molecular formula is C14H20ClN3S. The zero-order valence-electron chi connectivity index (χ0n) is 11.2. The standard InChI is InChI=1S/C14H20ClN3S/c1-18-8-3-2-5-10(18)9-17-12-7-4-6-11(15)13(12)14(16)19/h4,6-7,10,17H,2-3,5,8-9H2,1H3,(H2,16,19). The molecule has 19 heavy (non-hydrogen) atoms. The predicted molar refractivity (Wildman–Crippen MR) is 86.1 cm³/mol. The predicted octanol–water partition coefficient (Wildman–Crippen LogP) is 2.87. The van der Waals surface area contributed by atoms with Crippen LogP contribution in [0.3, 0.4) is 0 Å². The minimum atomic E-state index is 0.338. The Balaban J connectivity index is 2.07. The Morgan fingerprint density at radius 2 is 2.32 bits per heavy atom. The van der Waals surface area contributed by atoms with Gasteiger partial charge in [-0.3, -0.25) is 0 Å². The van der Waals surface area contributed by atoms with Gasteiger partial charge in [0.15, 0.2) is 0 Å². The molecule has 0 radical (unpaired) electrons. The van der Waals surface area contributed by atoms with Crippen molar-refractivity contribution < 1.29 is 0 Å². The Morgan fingerprint density at radius 1 is 1.53 bits per heavy atom. The second-order valence-electron chi connectivity index (χ2n) is 5.04. The summed E-state index contributed by atoms with van der Waals surface area (Å²) >= 11 is 11.2. The molecule has 1 aliphatic rings. The highest BCUT2D eigenvalue weighted by atomic mass is 35.5. The van der Waals surface area contributed by atoms with Gasteiger partial charge in [-0.05, 0) is 38.6 Å². The molecule has 1 aliphatic heterocycles. The number of likely N-dealkylation sites (N-methyl/N-ethyl adjacent to an activating group) is 1. The van der Waals surface area contributed by atoms with Gasteiger partial charge in [0.25, 0.3) is 0 Å². The molecule has 3 nitrogen and oxygen atoms in total. The maximum absolute atomic E-state index is 6.16. The smallest absolute Gasteiger partial charge is 0.107 e. The number of likely N-dealkylation sites (tertiary alicyclic amines) is 1. The quantitative estimate of drug-likeness (QED) is 0.839. The van der Waals surface area contributed by atoms with E-state index in [0.717, 1.165) is 17.8 Å². The molecule has 0 saturated carbocycles. The lowest BCUT2D eigenvalue weighted by Gasteiger charge is -2.33. The van der Waals surface area contributed by atoms with Crippen molar-refractivity contribution in [3.63, 3.8) is 0 Å². The number of halogens is 1. The molecule has 1 atom stereocenters. The van der Waals surface area contributed by atoms with Crippen LogP contribution < -0.4 is 11.1 Å². The lowest BCUT2D eigenvalue weighted by Crippen LogP contribution is -2.41. The minimum Gasteiger partial charge on any atom is -0.389 e. The van der Waals surface area contributed by atoms with E-state index in [1.54, 1.807) is 0 Å². The van der Waals surface area contributed by atoms with Crippen molar-refractivity contribution in [1.29, 1.82) is 0 Å². The van der Waals surface area contributed by atoms with E-state index in [0.29, 0.717) is 16.1 Å². The van der Waals surface area contributed by atoms with Crippen molar-refractivity contribution in [1.82, 2.24) is 4.90 Å². The third-order valence-electron chi connectivity index (χ3n) is 3.71. The molecule has 104 valence electrons. The lowest BCUT2D eigenvalue weighted by molar-refractivity contribution is 0.194. The van der Waals surface area contributed by atoms with Gasteiger partial charge in [-0.25, -0.2) is 0 Å². The molecule has 1 unspecified atom stereocenters. The summed E-state index contributed by atoms with van der Waals surface area (Å²) in [4.78, 5) is 2.74. The van der Waals surface area contributed by atoms with E-state index in [4.69, 9.17) is 29.6 Å². The Labute approximate surface area is 125 Å². The molecule has 0 bridgehead atoms. The van der Waals surface area contributed by atoms with Gasteiger partial charge >= 0.3 is 0 Å². The zero-order chi connectivity index (χ0) is 13.8. The molecule has 1 fully saturated rings. The molecule has 1 heterocycles. The van der Waals surface area contributed by atoms with Crippen LogP contribution in [0.1, 0.15) is 24.8 Å². The monoisotopic (exact) mass is 297 g/mol. The van der Waals surface area contributed by atoms with Gasteiger partial charge in [-0.1, -0.05) is 36.3 Å². The molecule has 1 aromatic carbocycles. The van der Waals surface area contributed by atoms with Crippen LogP contribution in [-0.4, -0.2) is 36.1 Å². The lowest BCUT2D eigenvalue weighted by atomic mass is 10.0. The molecular weight excluding hydrogens is 278 g/mol. The molecule has 0 spiro atoms. The number of nitrogens with two attached hydrogens (primary N) is 1. The average Bonchev–Trinajstić information content (AvgIpc) is 2.37. The van der Waals surface area contributed by atoms with Crippen molar-refractivity contribution in [2.24, 2.45) is 5.73 Å². The highest BCUT2D eigenvalue weighted by Gasteiger charge is 2.19. The van der Waals surface area contributed by atoms with Crippen LogP contribution in [0.5, 0.6) is 0 Å². The second kappa shape index (κ2) is 6.55. The molecule has 1 saturated heterocycles. The number of piperidine rings is 1. The Hall–Kier alpha value is -0.840. The number of benzene rings is 1. The molecule has 0 amide bonds. The summed E-state index contributed by atoms with van der Waals surface area (Å²) in [5.74, 6) is 0. The van der Waals surface area contributed by atoms with E-state index in [-0.39, 0.29) is 0 Å². The van der Waals surface area contributed by atoms with E-state index in [1.807, 2.05) is 18.2 Å². The normalized spacial score (nSPS) is 20.2. The fourth-order valence-corrected chi connectivity index (χ4v) is 3.10. The van der Waals surface area contributed by atoms with Gasteiger partial charge < -0.3 is 16.0 Å². The highest BCUT2D eigenvalue weighted by molar-refractivity contribution is 7.80. The van der Waals surface area contributed by atoms with Gasteiger partial charge in [-0.2, -0.15) is 0 Å². The molecule has 3 N–H and O–H groups in total. The molecule has 0 aromatic heterocycles. The summed E-state index contributed by atoms with van der Waals surface area (Å²) in [5.41, 5.74) is 7.43. The Morgan fingerprint density at radius 3 is 3.00 bits per heavy atom. The van der Waals surface area contributed by atoms with E-state index in [1.165, 1.54) is 25.8 Å². The molecule has 0 aliphatic carbocycles. The van der Waals surface area contributed by atoms with Crippen LogP contribution in [0.2, 0.25) is 5.02 Å². The Bertz CT molecular complexity index is 464. The summed E-state index contributed by atoms with van der Waals surface area (Å²) < 4.78 is 0. The number of anilines is 1. The summed E-state index contributed by atoms with van der Waals surface area (Å²) in [7, 11) is 2.18. The van der Waals surface area contributed by atoms with Gasteiger partial charge in [-0.15, -0.1) is 0 Å². The second-order valence-corrected chi connectivity index (χ2v) is 5.88. The number of thiocarbonyl (C=S) groups is 1. The third kappa shape index (κ3) is 3.59. The number of rotatable bonds is 4. The first-order chi connectivity index (χ1) is 9.09. The van der Waals surface area contributed by atoms with Crippen molar-refractivity contribution in [3.8, 4) is 0 Å². The number of hydrogen-bond donors (Lipinski definition) is 2. The van der Waals surface area contributed by atoms with E-state index < -0.39 is 0 Å². The first kappa shape index (κ1) is 14.6. The van der Waals surface area contributed by atoms with E-state index in [9.17, 15) is 0 Å². The van der Waals surface area contributed by atoms with E-state index in [2.05, 4.69) is 17.3 Å². The van der Waals surface area contributed by atoms with Crippen molar-refractivity contribution in [3.05, 3.63) is 28.8 Å². The van der Waals surface area contributed by atoms with Crippen LogP contribution in [0.25, 0.3) is 0 Å². The number of nitrogens with zero attached hydrogens (tertiary/aromatic N) is 1. The summed E-state index contributed by atoms with van der Waals surface area (Å²) in [5, 5.41) is 4.05. The fourth-order valence-electron chi connectivity index (χ4n) is 2.55. The van der Waals surface area contributed by atoms with Gasteiger partial charge in [0.2, 0.25) is 0 Å². The van der Waals surface area contributed by atoms with Gasteiger partial charge in [0.1, 0.15) is 4.99 Å².